The molecule has 0 heterocycles. The number of methoxy groups -OCH3 is 1. The van der Waals surface area contributed by atoms with Gasteiger partial charge in [0.15, 0.2) is 5.96 Å². The summed E-state index contributed by atoms with van der Waals surface area (Å²) >= 11 is 0. The molecule has 0 fully saturated rings. The predicted octanol–water partition coefficient (Wildman–Crippen LogP) is 0.617. The molecule has 1 aromatic rings. The van der Waals surface area contributed by atoms with E-state index in [9.17, 15) is 0 Å². The van der Waals surface area contributed by atoms with Crippen LogP contribution in [0.5, 0.6) is 5.75 Å². The summed E-state index contributed by atoms with van der Waals surface area (Å²) in [5.41, 5.74) is 11.2. The van der Waals surface area contributed by atoms with Crippen molar-refractivity contribution in [2.75, 3.05) is 20.3 Å². The summed E-state index contributed by atoms with van der Waals surface area (Å²) in [4.78, 5) is 3.89. The van der Waals surface area contributed by atoms with Crippen LogP contribution in [0, 0.1) is 0 Å². The SMILES string of the molecule is COCCOc1ccc(N=C(N)N)cc1. The van der Waals surface area contributed by atoms with Crippen LogP contribution in [0.3, 0.4) is 0 Å². The minimum absolute atomic E-state index is 0.0445. The Bertz CT molecular complexity index is 318. The first-order valence-corrected chi connectivity index (χ1v) is 4.54. The minimum atomic E-state index is 0.0445. The number of rotatable bonds is 5. The molecule has 0 saturated carbocycles. The van der Waals surface area contributed by atoms with E-state index in [0.717, 1.165) is 5.75 Å². The van der Waals surface area contributed by atoms with Crippen LogP contribution >= 0.6 is 0 Å². The zero-order chi connectivity index (χ0) is 11.1. The molecule has 15 heavy (non-hydrogen) atoms. The van der Waals surface area contributed by atoms with Gasteiger partial charge >= 0.3 is 0 Å². The second kappa shape index (κ2) is 5.87. The molecule has 0 spiro atoms. The Kier molecular flexibility index (Phi) is 4.43. The molecule has 0 amide bonds. The van der Waals surface area contributed by atoms with Crippen molar-refractivity contribution in [3.05, 3.63) is 24.3 Å². The van der Waals surface area contributed by atoms with Crippen molar-refractivity contribution in [2.45, 2.75) is 0 Å². The van der Waals surface area contributed by atoms with Crippen molar-refractivity contribution in [3.8, 4) is 5.75 Å². The molecule has 1 aromatic carbocycles. The van der Waals surface area contributed by atoms with E-state index in [1.165, 1.54) is 0 Å². The minimum Gasteiger partial charge on any atom is -0.491 e. The summed E-state index contributed by atoms with van der Waals surface area (Å²) in [6.45, 7) is 1.09. The third-order valence-corrected chi connectivity index (χ3v) is 1.65. The number of guanidine groups is 1. The summed E-state index contributed by atoms with van der Waals surface area (Å²) < 4.78 is 10.2. The van der Waals surface area contributed by atoms with Gasteiger partial charge in [-0.1, -0.05) is 0 Å². The van der Waals surface area contributed by atoms with Crippen LogP contribution in [0.2, 0.25) is 0 Å². The lowest BCUT2D eigenvalue weighted by Gasteiger charge is -2.05. The van der Waals surface area contributed by atoms with E-state index in [1.54, 1.807) is 31.4 Å². The number of hydrogen-bond acceptors (Lipinski definition) is 3. The number of aliphatic imine (C=N–C) groups is 1. The molecule has 5 nitrogen and oxygen atoms in total. The first-order chi connectivity index (χ1) is 7.22. The monoisotopic (exact) mass is 209 g/mol. The summed E-state index contributed by atoms with van der Waals surface area (Å²) in [7, 11) is 1.63. The molecule has 0 aliphatic rings. The Hall–Kier alpha value is -1.75. The molecule has 0 bridgehead atoms. The first-order valence-electron chi connectivity index (χ1n) is 4.54. The van der Waals surface area contributed by atoms with E-state index in [2.05, 4.69) is 4.99 Å². The molecule has 4 N–H and O–H groups in total. The van der Waals surface area contributed by atoms with Crippen LogP contribution in [0.4, 0.5) is 5.69 Å². The van der Waals surface area contributed by atoms with Crippen LogP contribution in [0.1, 0.15) is 0 Å². The van der Waals surface area contributed by atoms with E-state index in [0.29, 0.717) is 18.9 Å². The fraction of sp³-hybridized carbons (Fsp3) is 0.300. The van der Waals surface area contributed by atoms with Crippen LogP contribution < -0.4 is 16.2 Å². The molecule has 0 aromatic heterocycles. The lowest BCUT2D eigenvalue weighted by atomic mass is 10.3. The van der Waals surface area contributed by atoms with Crippen LogP contribution in [0.15, 0.2) is 29.3 Å². The van der Waals surface area contributed by atoms with Gasteiger partial charge in [-0.2, -0.15) is 0 Å². The Labute approximate surface area is 88.7 Å². The fourth-order valence-corrected chi connectivity index (χ4v) is 1.01. The maximum absolute atomic E-state index is 5.37. The molecule has 0 aliphatic carbocycles. The summed E-state index contributed by atoms with van der Waals surface area (Å²) in [6, 6.07) is 7.17. The third kappa shape index (κ3) is 4.33. The van der Waals surface area contributed by atoms with E-state index in [-0.39, 0.29) is 5.96 Å². The van der Waals surface area contributed by atoms with Gasteiger partial charge in [-0.3, -0.25) is 0 Å². The molecule has 0 saturated heterocycles. The third-order valence-electron chi connectivity index (χ3n) is 1.65. The van der Waals surface area contributed by atoms with Crippen molar-refractivity contribution in [1.29, 1.82) is 0 Å². The van der Waals surface area contributed by atoms with Crippen LogP contribution in [0.25, 0.3) is 0 Å². The van der Waals surface area contributed by atoms with Crippen LogP contribution in [-0.2, 0) is 4.74 Å². The highest BCUT2D eigenvalue weighted by atomic mass is 16.5. The lowest BCUT2D eigenvalue weighted by molar-refractivity contribution is 0.146. The van der Waals surface area contributed by atoms with E-state index in [1.807, 2.05) is 0 Å². The molecular weight excluding hydrogens is 194 g/mol. The number of nitrogens with two attached hydrogens (primary N) is 2. The van der Waals surface area contributed by atoms with E-state index >= 15 is 0 Å². The maximum Gasteiger partial charge on any atom is 0.191 e. The highest BCUT2D eigenvalue weighted by Crippen LogP contribution is 2.17. The normalized spacial score (nSPS) is 9.67. The largest absolute Gasteiger partial charge is 0.491 e. The predicted molar refractivity (Wildman–Crippen MR) is 59.3 cm³/mol. The number of hydrogen-bond donors (Lipinski definition) is 2. The molecule has 5 heteroatoms. The van der Waals surface area contributed by atoms with Crippen molar-refractivity contribution in [2.24, 2.45) is 16.5 Å². The Morgan fingerprint density at radius 3 is 2.40 bits per heavy atom. The van der Waals surface area contributed by atoms with Gasteiger partial charge in [-0.15, -0.1) is 0 Å². The molecule has 0 aliphatic heterocycles. The zero-order valence-electron chi connectivity index (χ0n) is 8.64. The highest BCUT2D eigenvalue weighted by molar-refractivity contribution is 5.78. The highest BCUT2D eigenvalue weighted by Gasteiger charge is 1.94. The Morgan fingerprint density at radius 2 is 1.87 bits per heavy atom. The molecule has 0 unspecified atom stereocenters. The Morgan fingerprint density at radius 1 is 1.20 bits per heavy atom. The molecule has 1 rings (SSSR count). The second-order valence-corrected chi connectivity index (χ2v) is 2.87. The van der Waals surface area contributed by atoms with Crippen molar-refractivity contribution < 1.29 is 9.47 Å². The standard InChI is InChI=1S/C10H15N3O2/c1-14-6-7-15-9-4-2-8(3-5-9)13-10(11)12/h2-5H,6-7H2,1H3,(H4,11,12,13). The fourth-order valence-electron chi connectivity index (χ4n) is 1.01. The van der Waals surface area contributed by atoms with Gasteiger partial charge in [-0.25, -0.2) is 4.99 Å². The first kappa shape index (κ1) is 11.3. The van der Waals surface area contributed by atoms with E-state index in [4.69, 9.17) is 20.9 Å². The summed E-state index contributed by atoms with van der Waals surface area (Å²) in [5, 5.41) is 0. The molecule has 0 radical (unpaired) electrons. The van der Waals surface area contributed by atoms with Crippen molar-refractivity contribution in [1.82, 2.24) is 0 Å². The van der Waals surface area contributed by atoms with Gasteiger partial charge in [0.1, 0.15) is 12.4 Å². The van der Waals surface area contributed by atoms with Gasteiger partial charge in [0.05, 0.1) is 12.3 Å². The number of benzene rings is 1. The molecule has 0 atom stereocenters. The lowest BCUT2D eigenvalue weighted by Crippen LogP contribution is -2.21. The Balaban J connectivity index is 2.53. The maximum atomic E-state index is 5.37. The molecular formula is C10H15N3O2. The van der Waals surface area contributed by atoms with Gasteiger partial charge < -0.3 is 20.9 Å². The summed E-state index contributed by atoms with van der Waals surface area (Å²) in [5.74, 6) is 0.810. The van der Waals surface area contributed by atoms with Gasteiger partial charge in [-0.05, 0) is 24.3 Å². The number of nitrogens with zero attached hydrogens (tertiary/aromatic N) is 1. The van der Waals surface area contributed by atoms with Gasteiger partial charge in [0, 0.05) is 7.11 Å². The second-order valence-electron chi connectivity index (χ2n) is 2.87. The zero-order valence-corrected chi connectivity index (χ0v) is 8.64. The summed E-state index contributed by atoms with van der Waals surface area (Å²) in [6.07, 6.45) is 0. The van der Waals surface area contributed by atoms with Crippen LogP contribution in [-0.4, -0.2) is 26.3 Å². The smallest absolute Gasteiger partial charge is 0.191 e. The van der Waals surface area contributed by atoms with Crippen molar-refractivity contribution >= 4 is 11.6 Å². The van der Waals surface area contributed by atoms with E-state index < -0.39 is 0 Å². The number of ether oxygens (including phenoxy) is 2. The average Bonchev–Trinajstić information content (AvgIpc) is 2.20. The van der Waals surface area contributed by atoms with Gasteiger partial charge in [0.25, 0.3) is 0 Å². The van der Waals surface area contributed by atoms with Crippen molar-refractivity contribution in [3.63, 3.8) is 0 Å². The topological polar surface area (TPSA) is 82.9 Å². The average molecular weight is 209 g/mol. The quantitative estimate of drug-likeness (QED) is 0.423. The van der Waals surface area contributed by atoms with Gasteiger partial charge in [0.2, 0.25) is 0 Å². The molecule has 82 valence electrons.